The van der Waals surface area contributed by atoms with Crippen molar-refractivity contribution in [3.8, 4) is 0 Å². The molecule has 6 heteroatoms. The molecule has 0 aromatic carbocycles. The molecule has 0 aromatic rings. The summed E-state index contributed by atoms with van der Waals surface area (Å²) in [6.07, 6.45) is 65.0. The molecular weight excluding hydrogens is 781 g/mol. The molecule has 0 fully saturated rings. The van der Waals surface area contributed by atoms with Crippen LogP contribution in [0.15, 0.2) is 0 Å². The summed E-state index contributed by atoms with van der Waals surface area (Å²) < 4.78 is 0. The maximum atomic E-state index is 10.4. The molecule has 0 saturated heterocycles. The second kappa shape index (κ2) is 62.5. The van der Waals surface area contributed by atoms with Gasteiger partial charge in [0.1, 0.15) is 0 Å². The molecule has 0 aliphatic heterocycles. The highest BCUT2D eigenvalue weighted by molar-refractivity contribution is 5.67. The first-order valence-corrected chi connectivity index (χ1v) is 28.5. The van der Waals surface area contributed by atoms with Crippen molar-refractivity contribution in [3.63, 3.8) is 0 Å². The van der Waals surface area contributed by atoms with Gasteiger partial charge in [0.05, 0.1) is 0 Å². The molecule has 0 rings (SSSR count). The first-order valence-electron chi connectivity index (χ1n) is 28.5. The molecule has 0 aromatic heterocycles. The predicted octanol–water partition coefficient (Wildman–Crippen LogP) is 20.2. The molecule has 0 aliphatic carbocycles. The van der Waals surface area contributed by atoms with E-state index < -0.39 is 17.9 Å². The van der Waals surface area contributed by atoms with Crippen LogP contribution in [0.5, 0.6) is 0 Å². The normalized spacial score (nSPS) is 10.9. The summed E-state index contributed by atoms with van der Waals surface area (Å²) in [6, 6.07) is 0. The van der Waals surface area contributed by atoms with Crippen LogP contribution >= 0.6 is 0 Å². The molecule has 0 bridgehead atoms. The van der Waals surface area contributed by atoms with Crippen LogP contribution < -0.4 is 0 Å². The summed E-state index contributed by atoms with van der Waals surface area (Å²) in [5, 5.41) is 25.6. The van der Waals surface area contributed by atoms with Gasteiger partial charge < -0.3 is 15.3 Å². The minimum atomic E-state index is -0.653. The van der Waals surface area contributed by atoms with E-state index in [0.29, 0.717) is 19.3 Å². The molecule has 0 heterocycles. The lowest BCUT2D eigenvalue weighted by molar-refractivity contribution is -0.138. The van der Waals surface area contributed by atoms with Gasteiger partial charge in [0.2, 0.25) is 0 Å². The standard InChI is InChI=1S/C20H40O2.C19H38O2.C18H36O2/c1-2-3-4-5-6-7-8-9-10-11-12-13-14-15-16-17-18-19-20(21)22;1-2-3-4-5-6-7-8-9-10-11-12-13-14-15-16-17-18-19(20)21;1-2-3-4-5-6-7-8-9-10-11-12-13-14-15-16-17-18(19)20/h2-19H2,1H3,(H,21,22);2-18H2,1H3,(H,20,21);2-17H2,1H3,(H,19,20). The highest BCUT2D eigenvalue weighted by Gasteiger charge is 2.00. The van der Waals surface area contributed by atoms with Gasteiger partial charge in [0, 0.05) is 19.3 Å². The highest BCUT2D eigenvalue weighted by atomic mass is 16.4. The molecule has 0 spiro atoms. The SMILES string of the molecule is CCCCCCCCCCCCCCCCCC(=O)O.CCCCCCCCCCCCCCCCCCC(=O)O.CCCCCCCCCCCCCCCCCCCC(=O)O. The van der Waals surface area contributed by atoms with E-state index in [0.717, 1.165) is 38.5 Å². The summed E-state index contributed by atoms with van der Waals surface area (Å²) in [5.41, 5.74) is 0. The molecule has 3 N–H and O–H groups in total. The fourth-order valence-corrected chi connectivity index (χ4v) is 8.47. The zero-order valence-corrected chi connectivity index (χ0v) is 43.1. The fraction of sp³-hybridized carbons (Fsp3) is 0.947. The summed E-state index contributed by atoms with van der Waals surface area (Å²) >= 11 is 0. The van der Waals surface area contributed by atoms with Gasteiger partial charge in [0.25, 0.3) is 0 Å². The number of aliphatic carboxylic acids is 3. The van der Waals surface area contributed by atoms with Crippen molar-refractivity contribution >= 4 is 17.9 Å². The van der Waals surface area contributed by atoms with E-state index in [2.05, 4.69) is 20.8 Å². The summed E-state index contributed by atoms with van der Waals surface area (Å²) in [4.78, 5) is 31.0. The van der Waals surface area contributed by atoms with Crippen LogP contribution in [0.3, 0.4) is 0 Å². The third kappa shape index (κ3) is 75.0. The van der Waals surface area contributed by atoms with E-state index in [-0.39, 0.29) is 0 Å². The van der Waals surface area contributed by atoms with E-state index in [1.807, 2.05) is 0 Å². The monoisotopic (exact) mass is 895 g/mol. The molecule has 63 heavy (non-hydrogen) atoms. The predicted molar refractivity (Wildman–Crippen MR) is 275 cm³/mol. The first-order chi connectivity index (χ1) is 30.8. The Labute approximate surface area is 394 Å². The second-order valence-electron chi connectivity index (χ2n) is 19.3. The lowest BCUT2D eigenvalue weighted by Gasteiger charge is -2.03. The Hall–Kier alpha value is -1.59. The van der Waals surface area contributed by atoms with E-state index in [1.165, 1.54) is 270 Å². The van der Waals surface area contributed by atoms with Crippen LogP contribution in [0.1, 0.15) is 348 Å². The number of hydrogen-bond acceptors (Lipinski definition) is 3. The van der Waals surface area contributed by atoms with E-state index in [4.69, 9.17) is 15.3 Å². The third-order valence-corrected chi connectivity index (χ3v) is 12.7. The number of unbranched alkanes of at least 4 members (excludes halogenated alkanes) is 45. The Morgan fingerprint density at radius 3 is 0.381 bits per heavy atom. The molecule has 0 aliphatic rings. The van der Waals surface area contributed by atoms with Gasteiger partial charge >= 0.3 is 17.9 Å². The van der Waals surface area contributed by atoms with E-state index in [1.54, 1.807) is 0 Å². The minimum Gasteiger partial charge on any atom is -0.481 e. The summed E-state index contributed by atoms with van der Waals surface area (Å²) in [5.74, 6) is -1.96. The fourth-order valence-electron chi connectivity index (χ4n) is 8.47. The minimum absolute atomic E-state index is 0.345. The van der Waals surface area contributed by atoms with Crippen LogP contribution in [0.2, 0.25) is 0 Å². The highest BCUT2D eigenvalue weighted by Crippen LogP contribution is 2.17. The lowest BCUT2D eigenvalue weighted by Crippen LogP contribution is -1.93. The smallest absolute Gasteiger partial charge is 0.303 e. The average Bonchev–Trinajstić information content (AvgIpc) is 3.26. The van der Waals surface area contributed by atoms with Gasteiger partial charge in [-0.2, -0.15) is 0 Å². The molecular formula is C57H114O6. The number of carboxylic acid groups (broad SMARTS) is 3. The van der Waals surface area contributed by atoms with Gasteiger partial charge in [-0.05, 0) is 19.3 Å². The zero-order chi connectivity index (χ0) is 46.8. The number of carboxylic acids is 3. The van der Waals surface area contributed by atoms with Crippen molar-refractivity contribution in [2.75, 3.05) is 0 Å². The van der Waals surface area contributed by atoms with Gasteiger partial charge in [-0.3, -0.25) is 14.4 Å². The Kier molecular flexibility index (Phi) is 65.2. The molecule has 0 amide bonds. The van der Waals surface area contributed by atoms with Crippen molar-refractivity contribution in [3.05, 3.63) is 0 Å². The van der Waals surface area contributed by atoms with Gasteiger partial charge in [-0.1, -0.05) is 310 Å². The molecule has 0 radical (unpaired) electrons. The number of carbonyl (C=O) groups is 3. The van der Waals surface area contributed by atoms with Crippen molar-refractivity contribution in [2.45, 2.75) is 348 Å². The summed E-state index contributed by atoms with van der Waals surface area (Å²) in [6.45, 7) is 6.82. The zero-order valence-electron chi connectivity index (χ0n) is 43.1. The van der Waals surface area contributed by atoms with Gasteiger partial charge in [-0.15, -0.1) is 0 Å². The van der Waals surface area contributed by atoms with Crippen LogP contribution in [0.4, 0.5) is 0 Å². The average molecular weight is 896 g/mol. The second-order valence-corrected chi connectivity index (χ2v) is 19.3. The third-order valence-electron chi connectivity index (χ3n) is 12.7. The Balaban J connectivity index is -0.000000858. The molecule has 0 atom stereocenters. The molecule has 6 nitrogen and oxygen atoms in total. The van der Waals surface area contributed by atoms with Gasteiger partial charge in [0.15, 0.2) is 0 Å². The van der Waals surface area contributed by atoms with Crippen LogP contribution in [-0.4, -0.2) is 33.2 Å². The molecule has 0 saturated carbocycles. The first kappa shape index (κ1) is 65.7. The van der Waals surface area contributed by atoms with E-state index in [9.17, 15) is 14.4 Å². The van der Waals surface area contributed by atoms with Crippen LogP contribution in [-0.2, 0) is 14.4 Å². The lowest BCUT2D eigenvalue weighted by atomic mass is 10.0. The number of hydrogen-bond donors (Lipinski definition) is 3. The van der Waals surface area contributed by atoms with Crippen molar-refractivity contribution in [2.24, 2.45) is 0 Å². The topological polar surface area (TPSA) is 112 Å². The van der Waals surface area contributed by atoms with Crippen molar-refractivity contribution < 1.29 is 29.7 Å². The summed E-state index contributed by atoms with van der Waals surface area (Å²) in [7, 11) is 0. The van der Waals surface area contributed by atoms with Crippen molar-refractivity contribution in [1.29, 1.82) is 0 Å². The maximum Gasteiger partial charge on any atom is 0.303 e. The van der Waals surface area contributed by atoms with Crippen molar-refractivity contribution in [1.82, 2.24) is 0 Å². The molecule has 378 valence electrons. The maximum absolute atomic E-state index is 10.4. The Morgan fingerprint density at radius 1 is 0.190 bits per heavy atom. The Bertz CT molecular complexity index is 860. The van der Waals surface area contributed by atoms with Crippen LogP contribution in [0.25, 0.3) is 0 Å². The quantitative estimate of drug-likeness (QED) is 0.0525. The van der Waals surface area contributed by atoms with Gasteiger partial charge in [-0.25, -0.2) is 0 Å². The molecule has 0 unspecified atom stereocenters. The van der Waals surface area contributed by atoms with Crippen LogP contribution in [0, 0.1) is 0 Å². The number of rotatable bonds is 51. The largest absolute Gasteiger partial charge is 0.481 e. The van der Waals surface area contributed by atoms with E-state index >= 15 is 0 Å². The Morgan fingerprint density at radius 2 is 0.286 bits per heavy atom.